The lowest BCUT2D eigenvalue weighted by atomic mass is 9.78. The minimum atomic E-state index is 0.218. The average Bonchev–Trinajstić information content (AvgIpc) is 2.59. The second kappa shape index (κ2) is 6.93. The maximum Gasteiger partial charge on any atom is 0.0627 e. The van der Waals surface area contributed by atoms with Crippen molar-refractivity contribution < 1.29 is 0 Å². The van der Waals surface area contributed by atoms with E-state index in [1.54, 1.807) is 6.20 Å². The smallest absolute Gasteiger partial charge is 0.0627 e. The van der Waals surface area contributed by atoms with Crippen LogP contribution in [-0.2, 0) is 6.54 Å². The minimum absolute atomic E-state index is 0.218. The summed E-state index contributed by atoms with van der Waals surface area (Å²) < 4.78 is 0. The molecule has 118 valence electrons. The Morgan fingerprint density at radius 2 is 1.87 bits per heavy atom. The number of pyridine rings is 1. The van der Waals surface area contributed by atoms with Crippen molar-refractivity contribution >= 4 is 0 Å². The van der Waals surface area contributed by atoms with Crippen LogP contribution in [0.15, 0.2) is 48.8 Å². The van der Waals surface area contributed by atoms with Crippen molar-refractivity contribution in [2.45, 2.75) is 32.7 Å². The van der Waals surface area contributed by atoms with Gasteiger partial charge in [0.1, 0.15) is 0 Å². The van der Waals surface area contributed by atoms with Gasteiger partial charge in [0.25, 0.3) is 0 Å². The Labute approximate surface area is 138 Å². The molecule has 0 aliphatic carbocycles. The second-order valence-corrected chi connectivity index (χ2v) is 6.86. The summed E-state index contributed by atoms with van der Waals surface area (Å²) >= 11 is 0. The number of piperidine rings is 1. The molecule has 1 aromatic carbocycles. The Kier molecular flexibility index (Phi) is 4.73. The molecule has 3 heteroatoms. The first-order valence-electron chi connectivity index (χ1n) is 8.27. The normalized spacial score (nSPS) is 17.6. The number of nitrogens with zero attached hydrogens (tertiary/aromatic N) is 3. The topological polar surface area (TPSA) is 39.9 Å². The number of likely N-dealkylation sites (tertiary alicyclic amines) is 1. The summed E-state index contributed by atoms with van der Waals surface area (Å²) in [5.74, 6) is 0. The zero-order valence-electron chi connectivity index (χ0n) is 13.7. The van der Waals surface area contributed by atoms with E-state index in [0.717, 1.165) is 38.0 Å². The fourth-order valence-corrected chi connectivity index (χ4v) is 3.21. The molecule has 1 saturated heterocycles. The van der Waals surface area contributed by atoms with Gasteiger partial charge in [0, 0.05) is 25.4 Å². The Morgan fingerprint density at radius 1 is 1.13 bits per heavy atom. The minimum Gasteiger partial charge on any atom is -0.299 e. The van der Waals surface area contributed by atoms with Crippen molar-refractivity contribution in [3.63, 3.8) is 0 Å². The van der Waals surface area contributed by atoms with Gasteiger partial charge < -0.3 is 0 Å². The third kappa shape index (κ3) is 3.97. The maximum atomic E-state index is 8.94. The molecule has 0 bridgehead atoms. The molecule has 2 aromatic rings. The standard InChI is InChI=1S/C20H23N3/c1-20(8-11-21)9-13-23(14-10-20)16-17-4-6-18(7-5-17)19-3-2-12-22-15-19/h2-7,12,15H,8-10,13-14,16H2,1H3. The highest BCUT2D eigenvalue weighted by Crippen LogP contribution is 2.34. The Hall–Kier alpha value is -2.18. The molecular formula is C20H23N3. The Morgan fingerprint density at radius 3 is 2.48 bits per heavy atom. The average molecular weight is 305 g/mol. The van der Waals surface area contributed by atoms with Crippen LogP contribution in [0.5, 0.6) is 0 Å². The number of rotatable bonds is 4. The van der Waals surface area contributed by atoms with Crippen LogP contribution in [0, 0.1) is 16.7 Å². The second-order valence-electron chi connectivity index (χ2n) is 6.86. The summed E-state index contributed by atoms with van der Waals surface area (Å²) in [6.45, 7) is 5.41. The summed E-state index contributed by atoms with van der Waals surface area (Å²) in [4.78, 5) is 6.67. The van der Waals surface area contributed by atoms with Crippen molar-refractivity contribution in [2.24, 2.45) is 5.41 Å². The van der Waals surface area contributed by atoms with Crippen molar-refractivity contribution in [2.75, 3.05) is 13.1 Å². The van der Waals surface area contributed by atoms with Crippen molar-refractivity contribution in [1.82, 2.24) is 9.88 Å². The predicted molar refractivity (Wildman–Crippen MR) is 92.5 cm³/mol. The molecule has 3 rings (SSSR count). The van der Waals surface area contributed by atoms with Gasteiger partial charge in [0.05, 0.1) is 6.07 Å². The molecule has 0 atom stereocenters. The van der Waals surface area contributed by atoms with Gasteiger partial charge >= 0.3 is 0 Å². The van der Waals surface area contributed by atoms with Crippen LogP contribution in [0.25, 0.3) is 11.1 Å². The van der Waals surface area contributed by atoms with Crippen LogP contribution in [0.2, 0.25) is 0 Å². The third-order valence-corrected chi connectivity index (χ3v) is 4.92. The number of hydrogen-bond acceptors (Lipinski definition) is 3. The molecule has 3 nitrogen and oxygen atoms in total. The molecule has 0 spiro atoms. The van der Waals surface area contributed by atoms with Crippen LogP contribution < -0.4 is 0 Å². The first kappa shape index (κ1) is 15.7. The maximum absolute atomic E-state index is 8.94. The number of nitriles is 1. The molecule has 1 aliphatic heterocycles. The molecule has 0 unspecified atom stereocenters. The zero-order valence-corrected chi connectivity index (χ0v) is 13.7. The Bertz CT molecular complexity index is 662. The van der Waals surface area contributed by atoms with E-state index in [-0.39, 0.29) is 5.41 Å². The Balaban J connectivity index is 1.59. The van der Waals surface area contributed by atoms with Gasteiger partial charge in [-0.1, -0.05) is 37.3 Å². The van der Waals surface area contributed by atoms with E-state index in [4.69, 9.17) is 5.26 Å². The number of aromatic nitrogens is 1. The van der Waals surface area contributed by atoms with Gasteiger partial charge in [-0.15, -0.1) is 0 Å². The molecule has 0 amide bonds. The lowest BCUT2D eigenvalue weighted by molar-refractivity contribution is 0.116. The molecular weight excluding hydrogens is 282 g/mol. The summed E-state index contributed by atoms with van der Waals surface area (Å²) in [6, 6.07) is 15.2. The predicted octanol–water partition coefficient (Wildman–Crippen LogP) is 4.26. The SMILES string of the molecule is CC1(CC#N)CCN(Cc2ccc(-c3cccnc3)cc2)CC1. The van der Waals surface area contributed by atoms with Gasteiger partial charge in [0.2, 0.25) is 0 Å². The van der Waals surface area contributed by atoms with Crippen LogP contribution in [0.1, 0.15) is 31.7 Å². The van der Waals surface area contributed by atoms with Crippen LogP contribution >= 0.6 is 0 Å². The van der Waals surface area contributed by atoms with Gasteiger partial charge in [-0.25, -0.2) is 0 Å². The monoisotopic (exact) mass is 305 g/mol. The van der Waals surface area contributed by atoms with Crippen molar-refractivity contribution in [3.8, 4) is 17.2 Å². The highest BCUT2D eigenvalue weighted by molar-refractivity contribution is 5.62. The lowest BCUT2D eigenvalue weighted by Gasteiger charge is -2.38. The van der Waals surface area contributed by atoms with Crippen LogP contribution in [0.4, 0.5) is 0 Å². The quantitative estimate of drug-likeness (QED) is 0.847. The fraction of sp³-hybridized carbons (Fsp3) is 0.400. The first-order chi connectivity index (χ1) is 11.2. The molecule has 0 radical (unpaired) electrons. The van der Waals surface area contributed by atoms with Crippen molar-refractivity contribution in [1.29, 1.82) is 5.26 Å². The molecule has 0 saturated carbocycles. The number of benzene rings is 1. The van der Waals surface area contributed by atoms with E-state index in [1.807, 2.05) is 12.3 Å². The molecule has 1 fully saturated rings. The molecule has 1 aliphatic rings. The summed E-state index contributed by atoms with van der Waals surface area (Å²) in [6.07, 6.45) is 6.62. The molecule has 0 N–H and O–H groups in total. The lowest BCUT2D eigenvalue weighted by Crippen LogP contribution is -2.38. The van der Waals surface area contributed by atoms with Gasteiger partial charge in [0.15, 0.2) is 0 Å². The number of hydrogen-bond donors (Lipinski definition) is 0. The van der Waals surface area contributed by atoms with Crippen molar-refractivity contribution in [3.05, 3.63) is 54.4 Å². The van der Waals surface area contributed by atoms with Crippen LogP contribution in [-0.4, -0.2) is 23.0 Å². The summed E-state index contributed by atoms with van der Waals surface area (Å²) in [5.41, 5.74) is 3.93. The van der Waals surface area contributed by atoms with Gasteiger partial charge in [-0.05, 0) is 54.1 Å². The van der Waals surface area contributed by atoms with Gasteiger partial charge in [-0.2, -0.15) is 5.26 Å². The zero-order chi connectivity index (χ0) is 16.1. The van der Waals surface area contributed by atoms with E-state index in [1.165, 1.54) is 11.1 Å². The van der Waals surface area contributed by atoms with E-state index >= 15 is 0 Å². The van der Waals surface area contributed by atoms with E-state index < -0.39 is 0 Å². The van der Waals surface area contributed by atoms with Crippen LogP contribution in [0.3, 0.4) is 0 Å². The third-order valence-electron chi connectivity index (χ3n) is 4.92. The first-order valence-corrected chi connectivity index (χ1v) is 8.27. The molecule has 2 heterocycles. The highest BCUT2D eigenvalue weighted by Gasteiger charge is 2.29. The molecule has 1 aromatic heterocycles. The van der Waals surface area contributed by atoms with E-state index in [9.17, 15) is 0 Å². The highest BCUT2D eigenvalue weighted by atomic mass is 15.1. The largest absolute Gasteiger partial charge is 0.299 e. The fourth-order valence-electron chi connectivity index (χ4n) is 3.21. The summed E-state index contributed by atoms with van der Waals surface area (Å²) in [7, 11) is 0. The van der Waals surface area contributed by atoms with E-state index in [2.05, 4.69) is 53.2 Å². The molecule has 23 heavy (non-hydrogen) atoms. The van der Waals surface area contributed by atoms with E-state index in [0.29, 0.717) is 6.42 Å². The summed E-state index contributed by atoms with van der Waals surface area (Å²) in [5, 5.41) is 8.94. The van der Waals surface area contributed by atoms with Gasteiger partial charge in [-0.3, -0.25) is 9.88 Å².